The fourth-order valence-corrected chi connectivity index (χ4v) is 2.16. The number of amides is 1. The minimum atomic E-state index is -0.623. The molecule has 1 saturated heterocycles. The molecule has 0 aromatic heterocycles. The quantitative estimate of drug-likeness (QED) is 0.547. The molecule has 1 aromatic carbocycles. The Hall–Kier alpha value is -1.79. The van der Waals surface area contributed by atoms with Crippen LogP contribution in [0, 0.1) is 0 Å². The third kappa shape index (κ3) is 3.36. The van der Waals surface area contributed by atoms with Crippen molar-refractivity contribution in [2.45, 2.75) is 12.5 Å². The van der Waals surface area contributed by atoms with Crippen LogP contribution in [0.5, 0.6) is 11.5 Å². The molecule has 6 nitrogen and oxygen atoms in total. The van der Waals surface area contributed by atoms with Crippen molar-refractivity contribution in [1.82, 2.24) is 10.2 Å². The number of piperazine rings is 1. The summed E-state index contributed by atoms with van der Waals surface area (Å²) in [6.07, 6.45) is 0.344. The van der Waals surface area contributed by atoms with Crippen LogP contribution >= 0.6 is 0 Å². The molecule has 1 amide bonds. The van der Waals surface area contributed by atoms with Gasteiger partial charge in [0.15, 0.2) is 11.5 Å². The molecular formula is C13H19N3O3. The maximum absolute atomic E-state index is 12.1. The van der Waals surface area contributed by atoms with E-state index >= 15 is 0 Å². The molecule has 104 valence electrons. The van der Waals surface area contributed by atoms with Gasteiger partial charge in [0.2, 0.25) is 5.91 Å². The molecule has 0 aliphatic carbocycles. The van der Waals surface area contributed by atoms with Crippen LogP contribution in [0.4, 0.5) is 0 Å². The lowest BCUT2D eigenvalue weighted by Gasteiger charge is -2.29. The SMILES string of the molecule is N[C@@H](Cc1ccc(O)c(O)c1)C(=O)N1CCNCC1. The maximum atomic E-state index is 12.1. The second-order valence-electron chi connectivity index (χ2n) is 4.71. The Morgan fingerprint density at radius 3 is 2.63 bits per heavy atom. The van der Waals surface area contributed by atoms with E-state index in [2.05, 4.69) is 5.32 Å². The van der Waals surface area contributed by atoms with Gasteiger partial charge in [-0.15, -0.1) is 0 Å². The Bertz CT molecular complexity index is 458. The third-order valence-corrected chi connectivity index (χ3v) is 3.24. The number of nitrogens with zero attached hydrogens (tertiary/aromatic N) is 1. The number of aromatic hydroxyl groups is 2. The van der Waals surface area contributed by atoms with Crippen molar-refractivity contribution < 1.29 is 15.0 Å². The lowest BCUT2D eigenvalue weighted by Crippen LogP contribution is -2.52. The number of rotatable bonds is 3. The zero-order valence-corrected chi connectivity index (χ0v) is 10.7. The second-order valence-corrected chi connectivity index (χ2v) is 4.71. The van der Waals surface area contributed by atoms with Crippen molar-refractivity contribution in [3.8, 4) is 11.5 Å². The van der Waals surface area contributed by atoms with E-state index in [4.69, 9.17) is 5.73 Å². The number of carbonyl (C=O) groups is 1. The zero-order chi connectivity index (χ0) is 13.8. The third-order valence-electron chi connectivity index (χ3n) is 3.24. The van der Waals surface area contributed by atoms with Crippen molar-refractivity contribution in [1.29, 1.82) is 0 Å². The fourth-order valence-electron chi connectivity index (χ4n) is 2.16. The number of hydrogen-bond acceptors (Lipinski definition) is 5. The molecule has 1 aliphatic heterocycles. The summed E-state index contributed by atoms with van der Waals surface area (Å²) in [6, 6.07) is 3.86. The molecule has 0 bridgehead atoms. The van der Waals surface area contributed by atoms with Gasteiger partial charge < -0.3 is 26.2 Å². The highest BCUT2D eigenvalue weighted by molar-refractivity contribution is 5.82. The first-order valence-corrected chi connectivity index (χ1v) is 6.34. The summed E-state index contributed by atoms with van der Waals surface area (Å²) in [5, 5.41) is 21.8. The number of nitrogens with two attached hydrogens (primary N) is 1. The Morgan fingerprint density at radius 2 is 2.00 bits per heavy atom. The first kappa shape index (κ1) is 13.6. The van der Waals surface area contributed by atoms with Crippen LogP contribution in [0.15, 0.2) is 18.2 Å². The van der Waals surface area contributed by atoms with Gasteiger partial charge in [0.1, 0.15) is 0 Å². The van der Waals surface area contributed by atoms with Gasteiger partial charge in [0.05, 0.1) is 6.04 Å². The average Bonchev–Trinajstić information content (AvgIpc) is 2.43. The highest BCUT2D eigenvalue weighted by Crippen LogP contribution is 2.25. The standard InChI is InChI=1S/C13H19N3O3/c14-10(13(19)16-5-3-15-4-6-16)7-9-1-2-11(17)12(18)8-9/h1-2,8,10,15,17-18H,3-7,14H2/t10-/m0/s1. The van der Waals surface area contributed by atoms with E-state index in [9.17, 15) is 15.0 Å². The Kier molecular flexibility index (Phi) is 4.24. The van der Waals surface area contributed by atoms with Crippen LogP contribution in [-0.4, -0.2) is 53.2 Å². The van der Waals surface area contributed by atoms with Crippen molar-refractivity contribution in [2.24, 2.45) is 5.73 Å². The lowest BCUT2D eigenvalue weighted by atomic mass is 10.0. The summed E-state index contributed by atoms with van der Waals surface area (Å²) in [7, 11) is 0. The van der Waals surface area contributed by atoms with Crippen LogP contribution in [-0.2, 0) is 11.2 Å². The number of phenols is 2. The van der Waals surface area contributed by atoms with E-state index in [1.807, 2.05) is 0 Å². The van der Waals surface area contributed by atoms with Gasteiger partial charge in [-0.2, -0.15) is 0 Å². The molecule has 2 rings (SSSR count). The Morgan fingerprint density at radius 1 is 1.32 bits per heavy atom. The minimum Gasteiger partial charge on any atom is -0.504 e. The van der Waals surface area contributed by atoms with Gasteiger partial charge in [-0.05, 0) is 24.1 Å². The van der Waals surface area contributed by atoms with E-state index in [1.54, 1.807) is 11.0 Å². The molecule has 1 aromatic rings. The predicted molar refractivity (Wildman–Crippen MR) is 70.9 cm³/mol. The number of carbonyl (C=O) groups excluding carboxylic acids is 1. The maximum Gasteiger partial charge on any atom is 0.239 e. The van der Waals surface area contributed by atoms with Crippen LogP contribution < -0.4 is 11.1 Å². The van der Waals surface area contributed by atoms with Crippen molar-refractivity contribution in [3.05, 3.63) is 23.8 Å². The summed E-state index contributed by atoms with van der Waals surface area (Å²) >= 11 is 0. The molecule has 0 spiro atoms. The van der Waals surface area contributed by atoms with E-state index in [-0.39, 0.29) is 17.4 Å². The van der Waals surface area contributed by atoms with Gasteiger partial charge in [-0.1, -0.05) is 6.07 Å². The van der Waals surface area contributed by atoms with Gasteiger partial charge >= 0.3 is 0 Å². The van der Waals surface area contributed by atoms with Gasteiger partial charge in [0.25, 0.3) is 0 Å². The van der Waals surface area contributed by atoms with E-state index in [0.717, 1.165) is 18.7 Å². The second kappa shape index (κ2) is 5.90. The monoisotopic (exact) mass is 265 g/mol. The lowest BCUT2D eigenvalue weighted by molar-refractivity contribution is -0.133. The van der Waals surface area contributed by atoms with Crippen LogP contribution in [0.3, 0.4) is 0 Å². The molecule has 0 saturated carbocycles. The van der Waals surface area contributed by atoms with E-state index in [0.29, 0.717) is 19.5 Å². The molecule has 1 heterocycles. The first-order valence-electron chi connectivity index (χ1n) is 6.34. The van der Waals surface area contributed by atoms with Crippen molar-refractivity contribution >= 4 is 5.91 Å². The molecule has 6 heteroatoms. The predicted octanol–water partition coefficient (Wildman–Crippen LogP) is -0.601. The molecule has 1 aliphatic rings. The molecule has 1 atom stereocenters. The number of hydrogen-bond donors (Lipinski definition) is 4. The highest BCUT2D eigenvalue weighted by Gasteiger charge is 2.22. The summed E-state index contributed by atoms with van der Waals surface area (Å²) in [6.45, 7) is 2.93. The number of benzene rings is 1. The molecule has 5 N–H and O–H groups in total. The van der Waals surface area contributed by atoms with Gasteiger partial charge in [0, 0.05) is 26.2 Å². The fraction of sp³-hybridized carbons (Fsp3) is 0.462. The Labute approximate surface area is 111 Å². The van der Waals surface area contributed by atoms with Gasteiger partial charge in [-0.25, -0.2) is 0 Å². The summed E-state index contributed by atoms with van der Waals surface area (Å²) < 4.78 is 0. The van der Waals surface area contributed by atoms with Crippen LogP contribution in [0.25, 0.3) is 0 Å². The van der Waals surface area contributed by atoms with Crippen LogP contribution in [0.1, 0.15) is 5.56 Å². The number of phenolic OH excluding ortho intramolecular Hbond substituents is 2. The van der Waals surface area contributed by atoms with Gasteiger partial charge in [-0.3, -0.25) is 4.79 Å². The largest absolute Gasteiger partial charge is 0.504 e. The highest BCUT2D eigenvalue weighted by atomic mass is 16.3. The van der Waals surface area contributed by atoms with E-state index in [1.165, 1.54) is 12.1 Å². The zero-order valence-electron chi connectivity index (χ0n) is 10.7. The molecule has 0 radical (unpaired) electrons. The smallest absolute Gasteiger partial charge is 0.239 e. The first-order chi connectivity index (χ1) is 9.08. The average molecular weight is 265 g/mol. The van der Waals surface area contributed by atoms with Crippen molar-refractivity contribution in [2.75, 3.05) is 26.2 Å². The van der Waals surface area contributed by atoms with Crippen molar-refractivity contribution in [3.63, 3.8) is 0 Å². The number of nitrogens with one attached hydrogen (secondary N) is 1. The molecule has 19 heavy (non-hydrogen) atoms. The minimum absolute atomic E-state index is 0.0749. The van der Waals surface area contributed by atoms with Crippen LogP contribution in [0.2, 0.25) is 0 Å². The summed E-state index contributed by atoms with van der Waals surface area (Å²) in [5.74, 6) is -0.445. The molecule has 0 unspecified atom stereocenters. The normalized spacial score (nSPS) is 17.2. The Balaban J connectivity index is 1.97. The molecular weight excluding hydrogens is 246 g/mol. The molecule has 1 fully saturated rings. The topological polar surface area (TPSA) is 98.8 Å². The summed E-state index contributed by atoms with van der Waals surface area (Å²) in [5.41, 5.74) is 6.64. The van der Waals surface area contributed by atoms with E-state index < -0.39 is 6.04 Å². The summed E-state index contributed by atoms with van der Waals surface area (Å²) in [4.78, 5) is 13.9.